The van der Waals surface area contributed by atoms with Gasteiger partial charge < -0.3 is 28.5 Å². The van der Waals surface area contributed by atoms with Gasteiger partial charge in [-0.3, -0.25) is 19.0 Å². The first-order valence-electron chi connectivity index (χ1n) is 14.9. The molecule has 1 fully saturated rings. The summed E-state index contributed by atoms with van der Waals surface area (Å²) in [5.41, 5.74) is 1.22. The zero-order chi connectivity index (χ0) is 31.6. The number of hydrogen-bond donors (Lipinski definition) is 1. The molecule has 0 saturated carbocycles. The van der Waals surface area contributed by atoms with Crippen LogP contribution in [0.2, 0.25) is 18.6 Å². The summed E-state index contributed by atoms with van der Waals surface area (Å²) in [6, 6.07) is 16.0. The maximum atomic E-state index is 16.3. The van der Waals surface area contributed by atoms with Crippen molar-refractivity contribution >= 4 is 25.9 Å². The highest BCUT2D eigenvalue weighted by Crippen LogP contribution is 2.60. The van der Waals surface area contributed by atoms with E-state index in [0.29, 0.717) is 29.9 Å². The maximum Gasteiger partial charge on any atom is 0.297 e. The number of fused-ring (bicyclic) bond motifs is 3. The number of halogens is 1. The number of ether oxygens (including phenoxy) is 2. The number of aliphatic hydroxyl groups excluding tert-OH is 1. The fourth-order valence-electron chi connectivity index (χ4n) is 7.66. The lowest BCUT2D eigenvalue weighted by molar-refractivity contribution is -0.150. The molecule has 4 heterocycles. The van der Waals surface area contributed by atoms with Crippen molar-refractivity contribution in [3.8, 4) is 11.4 Å². The minimum absolute atomic E-state index is 0.114. The van der Waals surface area contributed by atoms with Gasteiger partial charge in [-0.2, -0.15) is 0 Å². The van der Waals surface area contributed by atoms with Crippen molar-refractivity contribution in [3.05, 3.63) is 87.8 Å². The number of hydrogen-bond acceptors (Lipinski definition) is 6. The summed E-state index contributed by atoms with van der Waals surface area (Å²) in [5, 5.41) is 10.2. The Morgan fingerprint density at radius 3 is 2.55 bits per heavy atom. The molecule has 1 saturated heterocycles. The van der Waals surface area contributed by atoms with Gasteiger partial charge in [-0.05, 0) is 61.0 Å². The summed E-state index contributed by atoms with van der Waals surface area (Å²) in [4.78, 5) is 44.3. The molecule has 1 spiro atoms. The van der Waals surface area contributed by atoms with Gasteiger partial charge in [0.2, 0.25) is 14.3 Å². The van der Waals surface area contributed by atoms with E-state index in [2.05, 4.69) is 0 Å². The molecule has 232 valence electrons. The molecule has 11 heteroatoms. The second kappa shape index (κ2) is 11.0. The SMILES string of the molecule is COc1cccn(-c2ccc3c(c2)[C@@]2(O[C@H](CC(=O)N4Cc5ccccc5C[C@H]4CO)[C@@H]([Si](C)(C)F)[C@@H]2C)C(=O)N3C)c1=O. The third-order valence-electron chi connectivity index (χ3n) is 9.75. The Kier molecular flexibility index (Phi) is 7.54. The number of likely N-dealkylation sites (N-methyl/N-ethyl adjacent to an activating group) is 1. The third kappa shape index (κ3) is 4.60. The number of methoxy groups -OCH3 is 1. The van der Waals surface area contributed by atoms with Gasteiger partial charge in [-0.25, -0.2) is 0 Å². The number of carbonyl (C=O) groups is 2. The molecule has 0 aliphatic carbocycles. The van der Waals surface area contributed by atoms with E-state index in [1.165, 1.54) is 16.6 Å². The van der Waals surface area contributed by atoms with Crippen molar-refractivity contribution in [1.82, 2.24) is 9.47 Å². The van der Waals surface area contributed by atoms with E-state index in [1.54, 1.807) is 61.6 Å². The second-order valence-corrected chi connectivity index (χ2v) is 16.4. The number of nitrogens with zero attached hydrogens (tertiary/aromatic N) is 3. The number of carbonyl (C=O) groups excluding carboxylic acids is 2. The van der Waals surface area contributed by atoms with Crippen LogP contribution < -0.4 is 15.2 Å². The van der Waals surface area contributed by atoms with Gasteiger partial charge in [0.15, 0.2) is 11.4 Å². The second-order valence-electron chi connectivity index (χ2n) is 12.6. The average Bonchev–Trinajstić information content (AvgIpc) is 3.42. The summed E-state index contributed by atoms with van der Waals surface area (Å²) in [5.74, 6) is -0.983. The molecule has 0 radical (unpaired) electrons. The van der Waals surface area contributed by atoms with Crippen LogP contribution in [-0.2, 0) is 32.9 Å². The number of anilines is 1. The molecule has 44 heavy (non-hydrogen) atoms. The molecule has 1 aromatic heterocycles. The van der Waals surface area contributed by atoms with E-state index in [-0.39, 0.29) is 36.2 Å². The van der Waals surface area contributed by atoms with Crippen LogP contribution in [0.15, 0.2) is 65.6 Å². The third-order valence-corrected chi connectivity index (χ3v) is 12.2. The van der Waals surface area contributed by atoms with E-state index in [0.717, 1.165) is 11.1 Å². The highest BCUT2D eigenvalue weighted by molar-refractivity contribution is 6.72. The van der Waals surface area contributed by atoms with Crippen molar-refractivity contribution in [2.24, 2.45) is 5.92 Å². The lowest BCUT2D eigenvalue weighted by Crippen LogP contribution is -2.48. The Labute approximate surface area is 257 Å². The number of pyridine rings is 1. The highest BCUT2D eigenvalue weighted by Gasteiger charge is 2.66. The highest BCUT2D eigenvalue weighted by atomic mass is 28.4. The van der Waals surface area contributed by atoms with Crippen LogP contribution in [0.3, 0.4) is 0 Å². The number of aliphatic hydroxyl groups is 1. The van der Waals surface area contributed by atoms with Crippen molar-refractivity contribution in [2.45, 2.75) is 62.7 Å². The monoisotopic (exact) mass is 619 g/mol. The Morgan fingerprint density at radius 1 is 1.14 bits per heavy atom. The smallest absolute Gasteiger partial charge is 0.297 e. The molecule has 3 aromatic rings. The van der Waals surface area contributed by atoms with E-state index in [9.17, 15) is 19.5 Å². The van der Waals surface area contributed by atoms with Gasteiger partial charge in [0.25, 0.3) is 11.5 Å². The summed E-state index contributed by atoms with van der Waals surface area (Å²) in [6.45, 7) is 5.18. The Hall–Kier alpha value is -3.80. The molecule has 0 unspecified atom stereocenters. The van der Waals surface area contributed by atoms with Crippen LogP contribution >= 0.6 is 0 Å². The van der Waals surface area contributed by atoms with Crippen molar-refractivity contribution < 1.29 is 28.3 Å². The molecule has 2 aromatic carbocycles. The standard InChI is InChI=1S/C33H38FN3O6Si/c1-20-30(44(4,5)34)28(17-29(39)37-18-22-10-7-6-9-21(22)15-24(37)19-38)43-33(20)25-16-23(12-13-26(25)35(2)32(33)41)36-14-8-11-27(42-3)31(36)40/h6-14,16,20,24,28,30,38H,15,17-19H2,1-5H3/t20-,24-,28+,30-,33+/m0/s1. The normalized spacial score (nSPS) is 26.2. The molecular formula is C33H38FN3O6Si. The van der Waals surface area contributed by atoms with Crippen molar-refractivity contribution in [3.63, 3.8) is 0 Å². The summed E-state index contributed by atoms with van der Waals surface area (Å²) in [7, 11) is -0.417. The Bertz CT molecular complexity index is 1690. The summed E-state index contributed by atoms with van der Waals surface area (Å²) >= 11 is 0. The fourth-order valence-corrected chi connectivity index (χ4v) is 10.1. The van der Waals surface area contributed by atoms with Crippen LogP contribution in [0.5, 0.6) is 5.75 Å². The lowest BCUT2D eigenvalue weighted by atomic mass is 9.82. The van der Waals surface area contributed by atoms with Crippen LogP contribution in [0.4, 0.5) is 9.80 Å². The van der Waals surface area contributed by atoms with Crippen LogP contribution in [0, 0.1) is 5.92 Å². The first-order valence-corrected chi connectivity index (χ1v) is 17.9. The zero-order valence-corrected chi connectivity index (χ0v) is 26.6. The lowest BCUT2D eigenvalue weighted by Gasteiger charge is -2.37. The van der Waals surface area contributed by atoms with Crippen molar-refractivity contribution in [1.29, 1.82) is 0 Å². The van der Waals surface area contributed by atoms with Gasteiger partial charge in [-0.15, -0.1) is 0 Å². The van der Waals surface area contributed by atoms with E-state index < -0.39 is 37.6 Å². The van der Waals surface area contributed by atoms with Gasteiger partial charge >= 0.3 is 0 Å². The molecule has 0 bridgehead atoms. The van der Waals surface area contributed by atoms with E-state index in [4.69, 9.17) is 9.47 Å². The van der Waals surface area contributed by atoms with Gasteiger partial charge in [-0.1, -0.05) is 31.2 Å². The van der Waals surface area contributed by atoms with Gasteiger partial charge in [0.05, 0.1) is 38.0 Å². The molecule has 6 rings (SSSR count). The quantitative estimate of drug-likeness (QED) is 0.332. The van der Waals surface area contributed by atoms with Gasteiger partial charge in [0.1, 0.15) is 0 Å². The fraction of sp³-hybridized carbons (Fsp3) is 0.424. The number of aromatic nitrogens is 1. The molecule has 3 aliphatic rings. The number of benzene rings is 2. The molecule has 5 atom stereocenters. The van der Waals surface area contributed by atoms with Gasteiger partial charge in [0, 0.05) is 42.5 Å². The zero-order valence-electron chi connectivity index (χ0n) is 25.6. The van der Waals surface area contributed by atoms with Crippen LogP contribution in [-0.4, -0.2) is 67.7 Å². The van der Waals surface area contributed by atoms with E-state index >= 15 is 4.11 Å². The Morgan fingerprint density at radius 2 is 1.86 bits per heavy atom. The minimum Gasteiger partial charge on any atom is -0.491 e. The molecule has 9 nitrogen and oxygen atoms in total. The summed E-state index contributed by atoms with van der Waals surface area (Å²) in [6.07, 6.45) is 1.18. The molecule has 3 aliphatic heterocycles. The summed E-state index contributed by atoms with van der Waals surface area (Å²) < 4.78 is 29.6. The Balaban J connectivity index is 1.39. The molecule has 1 N–H and O–H groups in total. The predicted octanol–water partition coefficient (Wildman–Crippen LogP) is 3.93. The van der Waals surface area contributed by atoms with E-state index in [1.807, 2.05) is 31.2 Å². The topological polar surface area (TPSA) is 101 Å². The first-order chi connectivity index (χ1) is 20.9. The average molecular weight is 620 g/mol. The number of rotatable bonds is 6. The van der Waals surface area contributed by atoms with Crippen molar-refractivity contribution in [2.75, 3.05) is 25.7 Å². The molecular weight excluding hydrogens is 581 g/mol. The van der Waals surface area contributed by atoms with Crippen LogP contribution in [0.25, 0.3) is 5.69 Å². The first kappa shape index (κ1) is 30.2. The van der Waals surface area contributed by atoms with Crippen LogP contribution in [0.1, 0.15) is 30.0 Å². The molecule has 2 amide bonds. The predicted molar refractivity (Wildman–Crippen MR) is 166 cm³/mol. The number of amides is 2. The largest absolute Gasteiger partial charge is 0.491 e. The minimum atomic E-state index is -3.50. The maximum absolute atomic E-state index is 16.3.